The lowest BCUT2D eigenvalue weighted by atomic mass is 10.0. The van der Waals surface area contributed by atoms with Crippen molar-refractivity contribution in [1.82, 2.24) is 15.0 Å². The molecule has 1 aromatic heterocycles. The molecule has 2 heterocycles. The highest BCUT2D eigenvalue weighted by Crippen LogP contribution is 2.32. The summed E-state index contributed by atoms with van der Waals surface area (Å²) >= 11 is 0. The summed E-state index contributed by atoms with van der Waals surface area (Å²) in [6, 6.07) is 13.8. The summed E-state index contributed by atoms with van der Waals surface area (Å²) in [6.45, 7) is 5.28. The number of rotatable bonds is 7. The van der Waals surface area contributed by atoms with E-state index in [1.165, 1.54) is 5.56 Å². The van der Waals surface area contributed by atoms with Crippen LogP contribution in [-0.2, 0) is 11.3 Å². The van der Waals surface area contributed by atoms with Gasteiger partial charge in [0.15, 0.2) is 0 Å². The molecule has 0 saturated carbocycles. The van der Waals surface area contributed by atoms with Crippen LogP contribution in [0.25, 0.3) is 11.4 Å². The Labute approximate surface area is 182 Å². The Hall–Kier alpha value is -3.35. The number of aromatic nitrogens is 2. The molecule has 0 N–H and O–H groups in total. The molecule has 1 aliphatic heterocycles. The molecule has 1 aliphatic rings. The first-order chi connectivity index (χ1) is 15.0. The summed E-state index contributed by atoms with van der Waals surface area (Å²) in [5, 5.41) is 4.14. The summed E-state index contributed by atoms with van der Waals surface area (Å²) in [5.74, 6) is 2.89. The second kappa shape index (κ2) is 8.79. The molecule has 3 aromatic rings. The molecular formula is C24H27N3O4. The molecule has 0 aliphatic carbocycles. The molecule has 2 aromatic carbocycles. The van der Waals surface area contributed by atoms with Crippen molar-refractivity contribution in [3.63, 3.8) is 0 Å². The van der Waals surface area contributed by atoms with E-state index in [1.54, 1.807) is 19.1 Å². The molecule has 1 unspecified atom stereocenters. The first-order valence-corrected chi connectivity index (χ1v) is 10.4. The minimum atomic E-state index is -0.125. The Bertz CT molecular complexity index is 1060. The first-order valence-electron chi connectivity index (χ1n) is 10.4. The number of nitrogens with zero attached hydrogens (tertiary/aromatic N) is 3. The number of likely N-dealkylation sites (tertiary alicyclic amines) is 1. The van der Waals surface area contributed by atoms with Gasteiger partial charge in [0, 0.05) is 30.6 Å². The van der Waals surface area contributed by atoms with Crippen LogP contribution in [0.15, 0.2) is 47.0 Å². The molecule has 0 radical (unpaired) electrons. The monoisotopic (exact) mass is 421 g/mol. The van der Waals surface area contributed by atoms with E-state index in [4.69, 9.17) is 14.0 Å². The van der Waals surface area contributed by atoms with E-state index in [0.29, 0.717) is 37.1 Å². The van der Waals surface area contributed by atoms with Crippen molar-refractivity contribution in [1.29, 1.82) is 0 Å². The lowest BCUT2D eigenvalue weighted by molar-refractivity contribution is -0.128. The van der Waals surface area contributed by atoms with Gasteiger partial charge in [0.05, 0.1) is 20.1 Å². The van der Waals surface area contributed by atoms with Crippen molar-refractivity contribution in [2.24, 2.45) is 0 Å². The number of amides is 1. The topological polar surface area (TPSA) is 77.7 Å². The van der Waals surface area contributed by atoms with Crippen LogP contribution < -0.4 is 9.47 Å². The maximum atomic E-state index is 12.7. The molecule has 1 saturated heterocycles. The minimum absolute atomic E-state index is 0.0518. The number of methoxy groups -OCH3 is 2. The van der Waals surface area contributed by atoms with Gasteiger partial charge in [0.2, 0.25) is 17.6 Å². The number of hydrogen-bond acceptors (Lipinski definition) is 6. The predicted octanol–water partition coefficient (Wildman–Crippen LogP) is 4.39. The smallest absolute Gasteiger partial charge is 0.232 e. The van der Waals surface area contributed by atoms with E-state index in [-0.39, 0.29) is 11.8 Å². The van der Waals surface area contributed by atoms with Gasteiger partial charge in [-0.3, -0.25) is 4.79 Å². The van der Waals surface area contributed by atoms with E-state index < -0.39 is 0 Å². The van der Waals surface area contributed by atoms with Gasteiger partial charge in [-0.05, 0) is 29.7 Å². The zero-order valence-corrected chi connectivity index (χ0v) is 18.3. The zero-order chi connectivity index (χ0) is 22.0. The second-order valence-electron chi connectivity index (χ2n) is 8.09. The normalized spacial score (nSPS) is 16.2. The molecule has 7 nitrogen and oxygen atoms in total. The van der Waals surface area contributed by atoms with E-state index in [9.17, 15) is 4.79 Å². The largest absolute Gasteiger partial charge is 0.497 e. The van der Waals surface area contributed by atoms with E-state index in [1.807, 2.05) is 30.3 Å². The Kier molecular flexibility index (Phi) is 5.93. The minimum Gasteiger partial charge on any atom is -0.497 e. The van der Waals surface area contributed by atoms with E-state index in [0.717, 1.165) is 22.6 Å². The summed E-state index contributed by atoms with van der Waals surface area (Å²) in [4.78, 5) is 19.0. The Morgan fingerprint density at radius 1 is 1.13 bits per heavy atom. The SMILES string of the molecule is COc1ccc(OC)c(CN2CC(c3nc(-c4ccc(C(C)C)cc4)no3)CC2=O)c1. The van der Waals surface area contributed by atoms with Gasteiger partial charge < -0.3 is 18.9 Å². The van der Waals surface area contributed by atoms with Gasteiger partial charge >= 0.3 is 0 Å². The molecular weight excluding hydrogens is 394 g/mol. The fourth-order valence-corrected chi connectivity index (χ4v) is 3.84. The zero-order valence-electron chi connectivity index (χ0n) is 18.3. The van der Waals surface area contributed by atoms with Gasteiger partial charge in [0.25, 0.3) is 0 Å². The van der Waals surface area contributed by atoms with Crippen LogP contribution in [0.1, 0.15) is 49.1 Å². The Balaban J connectivity index is 1.48. The molecule has 1 fully saturated rings. The number of ether oxygens (including phenoxy) is 2. The maximum Gasteiger partial charge on any atom is 0.232 e. The third kappa shape index (κ3) is 4.40. The highest BCUT2D eigenvalue weighted by atomic mass is 16.5. The van der Waals surface area contributed by atoms with Crippen LogP contribution in [0.5, 0.6) is 11.5 Å². The van der Waals surface area contributed by atoms with Crippen LogP contribution in [0.2, 0.25) is 0 Å². The highest BCUT2D eigenvalue weighted by molar-refractivity contribution is 5.79. The van der Waals surface area contributed by atoms with Crippen molar-refractivity contribution >= 4 is 5.91 Å². The molecule has 162 valence electrons. The lowest BCUT2D eigenvalue weighted by Crippen LogP contribution is -2.24. The molecule has 7 heteroatoms. The van der Waals surface area contributed by atoms with Crippen molar-refractivity contribution in [2.45, 2.75) is 38.6 Å². The number of benzene rings is 2. The van der Waals surface area contributed by atoms with Crippen molar-refractivity contribution in [2.75, 3.05) is 20.8 Å². The van der Waals surface area contributed by atoms with Crippen LogP contribution >= 0.6 is 0 Å². The summed E-state index contributed by atoms with van der Waals surface area (Å²) in [7, 11) is 3.24. The number of carbonyl (C=O) groups excluding carboxylic acids is 1. The van der Waals surface area contributed by atoms with Gasteiger partial charge in [-0.15, -0.1) is 0 Å². The van der Waals surface area contributed by atoms with E-state index >= 15 is 0 Å². The highest BCUT2D eigenvalue weighted by Gasteiger charge is 2.34. The van der Waals surface area contributed by atoms with Crippen LogP contribution in [0.3, 0.4) is 0 Å². The molecule has 0 spiro atoms. The van der Waals surface area contributed by atoms with Crippen molar-refractivity contribution in [3.8, 4) is 22.9 Å². The quantitative estimate of drug-likeness (QED) is 0.563. The molecule has 31 heavy (non-hydrogen) atoms. The Morgan fingerprint density at radius 2 is 1.90 bits per heavy atom. The second-order valence-corrected chi connectivity index (χ2v) is 8.09. The predicted molar refractivity (Wildman–Crippen MR) is 116 cm³/mol. The Morgan fingerprint density at radius 3 is 2.58 bits per heavy atom. The molecule has 1 atom stereocenters. The number of carbonyl (C=O) groups is 1. The van der Waals surface area contributed by atoms with Crippen LogP contribution in [0.4, 0.5) is 0 Å². The fraction of sp³-hybridized carbons (Fsp3) is 0.375. The van der Waals surface area contributed by atoms with Crippen molar-refractivity contribution < 1.29 is 18.8 Å². The van der Waals surface area contributed by atoms with Crippen LogP contribution in [-0.4, -0.2) is 41.7 Å². The first kappa shape index (κ1) is 20.9. The van der Waals surface area contributed by atoms with Gasteiger partial charge in [-0.25, -0.2) is 0 Å². The van der Waals surface area contributed by atoms with Crippen LogP contribution in [0, 0.1) is 0 Å². The standard InChI is InChI=1S/C24H27N3O4/c1-15(2)16-5-7-17(8-6-16)23-25-24(31-26-23)19-12-22(28)27(14-19)13-18-11-20(29-3)9-10-21(18)30-4/h5-11,15,19H,12-14H2,1-4H3. The summed E-state index contributed by atoms with van der Waals surface area (Å²) in [5.41, 5.74) is 3.06. The fourth-order valence-electron chi connectivity index (χ4n) is 3.84. The van der Waals surface area contributed by atoms with E-state index in [2.05, 4.69) is 36.1 Å². The van der Waals surface area contributed by atoms with Gasteiger partial charge in [-0.2, -0.15) is 4.98 Å². The summed E-state index contributed by atoms with van der Waals surface area (Å²) in [6.07, 6.45) is 0.347. The number of hydrogen-bond donors (Lipinski definition) is 0. The molecule has 1 amide bonds. The van der Waals surface area contributed by atoms with Gasteiger partial charge in [0.1, 0.15) is 11.5 Å². The summed E-state index contributed by atoms with van der Waals surface area (Å²) < 4.78 is 16.3. The van der Waals surface area contributed by atoms with Gasteiger partial charge in [-0.1, -0.05) is 43.3 Å². The van der Waals surface area contributed by atoms with Crippen molar-refractivity contribution in [3.05, 3.63) is 59.5 Å². The molecule has 4 rings (SSSR count). The third-order valence-electron chi connectivity index (χ3n) is 5.69. The average molecular weight is 421 g/mol. The third-order valence-corrected chi connectivity index (χ3v) is 5.69. The lowest BCUT2D eigenvalue weighted by Gasteiger charge is -2.18. The molecule has 0 bridgehead atoms. The average Bonchev–Trinajstić information content (AvgIpc) is 3.41. The maximum absolute atomic E-state index is 12.7.